The van der Waals surface area contributed by atoms with E-state index in [4.69, 9.17) is 4.74 Å². The topological polar surface area (TPSA) is 61.2 Å². The van der Waals surface area contributed by atoms with Crippen LogP contribution >= 0.6 is 0 Å². The fraction of sp³-hybridized carbons (Fsp3) is 0.357. The molecule has 0 aliphatic carbocycles. The van der Waals surface area contributed by atoms with Gasteiger partial charge in [0.2, 0.25) is 0 Å². The van der Waals surface area contributed by atoms with Crippen molar-refractivity contribution >= 4 is 16.9 Å². The number of aromatic nitrogens is 2. The van der Waals surface area contributed by atoms with Crippen LogP contribution < -0.4 is 5.56 Å². The van der Waals surface area contributed by atoms with E-state index < -0.39 is 0 Å². The van der Waals surface area contributed by atoms with Crippen LogP contribution in [0.3, 0.4) is 0 Å². The zero-order valence-corrected chi connectivity index (χ0v) is 10.8. The van der Waals surface area contributed by atoms with E-state index in [-0.39, 0.29) is 18.1 Å². The molecule has 5 heteroatoms. The van der Waals surface area contributed by atoms with Crippen LogP contribution in [0.1, 0.15) is 19.8 Å². The number of esters is 1. The monoisotopic (exact) mass is 260 g/mol. The Balaban J connectivity index is 2.07. The quantitative estimate of drug-likeness (QED) is 0.768. The molecule has 5 nitrogen and oxygen atoms in total. The molecule has 100 valence electrons. The van der Waals surface area contributed by atoms with E-state index in [0.717, 1.165) is 6.42 Å². The summed E-state index contributed by atoms with van der Waals surface area (Å²) in [6.07, 6.45) is 2.65. The number of ether oxygens (including phenoxy) is 1. The highest BCUT2D eigenvalue weighted by Crippen LogP contribution is 2.04. The molecule has 0 bridgehead atoms. The van der Waals surface area contributed by atoms with Crippen molar-refractivity contribution in [2.24, 2.45) is 0 Å². The van der Waals surface area contributed by atoms with E-state index in [1.807, 2.05) is 13.0 Å². The minimum Gasteiger partial charge on any atom is -0.464 e. The lowest BCUT2D eigenvalue weighted by Crippen LogP contribution is -2.23. The highest BCUT2D eigenvalue weighted by Gasteiger charge is 2.04. The minimum absolute atomic E-state index is 0.114. The Bertz CT molecular complexity index is 634. The molecule has 0 amide bonds. The fourth-order valence-electron chi connectivity index (χ4n) is 1.80. The normalized spacial score (nSPS) is 10.6. The van der Waals surface area contributed by atoms with Crippen molar-refractivity contribution in [3.05, 3.63) is 40.9 Å². The molecule has 0 saturated carbocycles. The van der Waals surface area contributed by atoms with Gasteiger partial charge in [0.1, 0.15) is 6.61 Å². The lowest BCUT2D eigenvalue weighted by atomic mass is 10.2. The van der Waals surface area contributed by atoms with Crippen LogP contribution in [0.5, 0.6) is 0 Å². The first-order chi connectivity index (χ1) is 9.22. The molecule has 0 fully saturated rings. The van der Waals surface area contributed by atoms with Gasteiger partial charge in [-0.1, -0.05) is 19.1 Å². The summed E-state index contributed by atoms with van der Waals surface area (Å²) in [5, 5.41) is 0.574. The summed E-state index contributed by atoms with van der Waals surface area (Å²) in [4.78, 5) is 27.5. The van der Waals surface area contributed by atoms with Gasteiger partial charge in [-0.15, -0.1) is 0 Å². The highest BCUT2D eigenvalue weighted by molar-refractivity contribution is 5.76. The first-order valence-electron chi connectivity index (χ1n) is 6.32. The van der Waals surface area contributed by atoms with Crippen LogP contribution in [0.4, 0.5) is 0 Å². The Morgan fingerprint density at radius 1 is 1.37 bits per heavy atom. The molecule has 2 aromatic rings. The molecule has 1 aromatic carbocycles. The number of benzene rings is 1. The molecule has 2 rings (SSSR count). The molecule has 0 N–H and O–H groups in total. The summed E-state index contributed by atoms with van der Waals surface area (Å²) >= 11 is 0. The predicted octanol–water partition coefficient (Wildman–Crippen LogP) is 1.74. The lowest BCUT2D eigenvalue weighted by molar-refractivity contribution is -0.143. The van der Waals surface area contributed by atoms with Crippen molar-refractivity contribution in [1.29, 1.82) is 0 Å². The number of carbonyl (C=O) groups excluding carboxylic acids is 1. The summed E-state index contributed by atoms with van der Waals surface area (Å²) in [7, 11) is 0. The van der Waals surface area contributed by atoms with Crippen LogP contribution in [0.2, 0.25) is 0 Å². The fourth-order valence-corrected chi connectivity index (χ4v) is 1.80. The summed E-state index contributed by atoms with van der Waals surface area (Å²) in [6, 6.07) is 7.18. The second-order valence-corrected chi connectivity index (χ2v) is 4.23. The summed E-state index contributed by atoms with van der Waals surface area (Å²) in [6.45, 7) is 2.43. The molecule has 0 atom stereocenters. The number of para-hydroxylation sites is 1. The van der Waals surface area contributed by atoms with E-state index in [1.165, 1.54) is 10.9 Å². The Labute approximate surface area is 110 Å². The van der Waals surface area contributed by atoms with Crippen molar-refractivity contribution in [1.82, 2.24) is 9.55 Å². The van der Waals surface area contributed by atoms with Gasteiger partial charge in [-0.05, 0) is 18.6 Å². The average Bonchev–Trinajstić information content (AvgIpc) is 2.42. The van der Waals surface area contributed by atoms with E-state index >= 15 is 0 Å². The number of carbonyl (C=O) groups is 1. The standard InChI is InChI=1S/C14H16N2O3/c1-2-5-13(17)19-9-8-16-10-15-12-7-4-3-6-11(12)14(16)18/h3-4,6-7,10H,2,5,8-9H2,1H3. The molecule has 0 aliphatic rings. The zero-order chi connectivity index (χ0) is 13.7. The molecule has 0 aliphatic heterocycles. The van der Waals surface area contributed by atoms with Crippen LogP contribution in [0.15, 0.2) is 35.4 Å². The summed E-state index contributed by atoms with van der Waals surface area (Å²) in [5.74, 6) is -0.232. The van der Waals surface area contributed by atoms with Crippen molar-refractivity contribution in [3.8, 4) is 0 Å². The molecule has 19 heavy (non-hydrogen) atoms. The van der Waals surface area contributed by atoms with Gasteiger partial charge in [0.05, 0.1) is 23.8 Å². The molecular formula is C14H16N2O3. The van der Waals surface area contributed by atoms with Crippen LogP contribution in [0.25, 0.3) is 10.9 Å². The SMILES string of the molecule is CCCC(=O)OCCn1cnc2ccccc2c1=O. The Kier molecular flexibility index (Phi) is 4.28. The number of rotatable bonds is 5. The lowest BCUT2D eigenvalue weighted by Gasteiger charge is -2.07. The van der Waals surface area contributed by atoms with Crippen molar-refractivity contribution in [3.63, 3.8) is 0 Å². The second kappa shape index (κ2) is 6.13. The van der Waals surface area contributed by atoms with Gasteiger partial charge >= 0.3 is 5.97 Å². The maximum Gasteiger partial charge on any atom is 0.305 e. The molecule has 0 spiro atoms. The molecular weight excluding hydrogens is 244 g/mol. The molecule has 1 aromatic heterocycles. The largest absolute Gasteiger partial charge is 0.464 e. The summed E-state index contributed by atoms with van der Waals surface area (Å²) < 4.78 is 6.49. The molecule has 0 saturated heterocycles. The zero-order valence-electron chi connectivity index (χ0n) is 10.8. The van der Waals surface area contributed by atoms with Crippen molar-refractivity contribution in [2.45, 2.75) is 26.3 Å². The van der Waals surface area contributed by atoms with Crippen LogP contribution in [0, 0.1) is 0 Å². The third kappa shape index (κ3) is 3.19. The smallest absolute Gasteiger partial charge is 0.305 e. The van der Waals surface area contributed by atoms with E-state index in [9.17, 15) is 9.59 Å². The summed E-state index contributed by atoms with van der Waals surface area (Å²) in [5.41, 5.74) is 0.559. The van der Waals surface area contributed by atoms with Gasteiger partial charge in [0, 0.05) is 6.42 Å². The van der Waals surface area contributed by atoms with E-state index in [1.54, 1.807) is 18.2 Å². The minimum atomic E-state index is -0.232. The number of nitrogens with zero attached hydrogens (tertiary/aromatic N) is 2. The molecule has 0 radical (unpaired) electrons. The molecule has 0 unspecified atom stereocenters. The van der Waals surface area contributed by atoms with Gasteiger partial charge in [-0.3, -0.25) is 14.2 Å². The average molecular weight is 260 g/mol. The maximum absolute atomic E-state index is 12.1. The Morgan fingerprint density at radius 2 is 2.16 bits per heavy atom. The Hall–Kier alpha value is -2.17. The number of fused-ring (bicyclic) bond motifs is 1. The first-order valence-corrected chi connectivity index (χ1v) is 6.32. The third-order valence-corrected chi connectivity index (χ3v) is 2.78. The van der Waals surface area contributed by atoms with Gasteiger partial charge < -0.3 is 4.74 Å². The molecule has 1 heterocycles. The van der Waals surface area contributed by atoms with Crippen molar-refractivity contribution in [2.75, 3.05) is 6.61 Å². The third-order valence-electron chi connectivity index (χ3n) is 2.78. The second-order valence-electron chi connectivity index (χ2n) is 4.23. The highest BCUT2D eigenvalue weighted by atomic mass is 16.5. The maximum atomic E-state index is 12.1. The predicted molar refractivity (Wildman–Crippen MR) is 71.9 cm³/mol. The van der Waals surface area contributed by atoms with Crippen LogP contribution in [-0.4, -0.2) is 22.1 Å². The van der Waals surface area contributed by atoms with Crippen molar-refractivity contribution < 1.29 is 9.53 Å². The van der Waals surface area contributed by atoms with Gasteiger partial charge in [0.25, 0.3) is 5.56 Å². The Morgan fingerprint density at radius 3 is 2.95 bits per heavy atom. The van der Waals surface area contributed by atoms with E-state index in [2.05, 4.69) is 4.98 Å². The first kappa shape index (κ1) is 13.3. The van der Waals surface area contributed by atoms with Gasteiger partial charge in [0.15, 0.2) is 0 Å². The number of hydrogen-bond donors (Lipinski definition) is 0. The number of hydrogen-bond acceptors (Lipinski definition) is 4. The van der Waals surface area contributed by atoms with Crippen LogP contribution in [-0.2, 0) is 16.1 Å². The van der Waals surface area contributed by atoms with Gasteiger partial charge in [-0.25, -0.2) is 4.98 Å². The van der Waals surface area contributed by atoms with E-state index in [0.29, 0.717) is 23.9 Å². The van der Waals surface area contributed by atoms with Gasteiger partial charge in [-0.2, -0.15) is 0 Å².